The lowest BCUT2D eigenvalue weighted by molar-refractivity contribution is -0.167. The topological polar surface area (TPSA) is 78.9 Å². The van der Waals surface area contributed by atoms with Crippen molar-refractivity contribution in [2.24, 2.45) is 5.41 Å². The minimum Gasteiger partial charge on any atom is -0.465 e. The first-order valence-corrected chi connectivity index (χ1v) is 14.1. The minimum absolute atomic E-state index is 0.264. The van der Waals surface area contributed by atoms with Crippen LogP contribution in [0.25, 0.3) is 0 Å². The highest BCUT2D eigenvalue weighted by Gasteiger charge is 2.38. The van der Waals surface area contributed by atoms with E-state index in [0.29, 0.717) is 0 Å². The summed E-state index contributed by atoms with van der Waals surface area (Å²) in [7, 11) is 0. The Morgan fingerprint density at radius 1 is 0.583 bits per heavy atom. The minimum atomic E-state index is -1.29. The Bertz CT molecular complexity index is 589. The van der Waals surface area contributed by atoms with Crippen LogP contribution in [0.4, 0.5) is 0 Å². The van der Waals surface area contributed by atoms with Crippen LogP contribution in [0.1, 0.15) is 123 Å². The van der Waals surface area contributed by atoms with Crippen molar-refractivity contribution >= 4 is 17.9 Å². The van der Waals surface area contributed by atoms with Crippen molar-refractivity contribution in [2.45, 2.75) is 123 Å². The number of unbranched alkanes of at least 4 members (excludes halogenated alkanes) is 16. The molecule has 0 aliphatic heterocycles. The van der Waals surface area contributed by atoms with Gasteiger partial charge >= 0.3 is 17.9 Å². The standard InChI is InChI=1S/C30H52O6/c1-5-8-9-10-11-12-13-14-15-16-17-18-19-20-21-22-23-24-34-29(33)30(4,25-35-27(31)6-2)26-36-28(32)7-3/h6-7H,2-3,5,8-26H2,1,4H3. The van der Waals surface area contributed by atoms with Gasteiger partial charge in [0, 0.05) is 12.2 Å². The average Bonchev–Trinajstić information content (AvgIpc) is 2.89. The zero-order valence-corrected chi connectivity index (χ0v) is 23.2. The molecule has 0 saturated carbocycles. The normalized spacial score (nSPS) is 11.1. The van der Waals surface area contributed by atoms with Crippen LogP contribution >= 0.6 is 0 Å². The third-order valence-corrected chi connectivity index (χ3v) is 6.37. The van der Waals surface area contributed by atoms with E-state index >= 15 is 0 Å². The van der Waals surface area contributed by atoms with E-state index in [1.165, 1.54) is 96.8 Å². The van der Waals surface area contributed by atoms with Crippen molar-refractivity contribution in [1.82, 2.24) is 0 Å². The molecule has 0 aromatic rings. The molecule has 208 valence electrons. The van der Waals surface area contributed by atoms with Crippen molar-refractivity contribution < 1.29 is 28.6 Å². The summed E-state index contributed by atoms with van der Waals surface area (Å²) in [6.45, 7) is 10.2. The molecule has 6 nitrogen and oxygen atoms in total. The molecule has 6 heteroatoms. The molecule has 36 heavy (non-hydrogen) atoms. The van der Waals surface area contributed by atoms with Gasteiger partial charge in [0.2, 0.25) is 0 Å². The third-order valence-electron chi connectivity index (χ3n) is 6.37. The molecule has 0 spiro atoms. The Morgan fingerprint density at radius 2 is 0.917 bits per heavy atom. The fourth-order valence-corrected chi connectivity index (χ4v) is 3.90. The van der Waals surface area contributed by atoms with E-state index in [2.05, 4.69) is 20.1 Å². The number of carbonyl (C=O) groups excluding carboxylic acids is 3. The molecule has 0 aromatic heterocycles. The van der Waals surface area contributed by atoms with Crippen molar-refractivity contribution in [3.05, 3.63) is 25.3 Å². The zero-order valence-electron chi connectivity index (χ0n) is 23.2. The van der Waals surface area contributed by atoms with Crippen LogP contribution in [0.3, 0.4) is 0 Å². The van der Waals surface area contributed by atoms with Gasteiger partial charge in [-0.2, -0.15) is 0 Å². The number of hydrogen-bond acceptors (Lipinski definition) is 6. The molecule has 0 radical (unpaired) electrons. The molecular weight excluding hydrogens is 456 g/mol. The van der Waals surface area contributed by atoms with Gasteiger partial charge in [0.15, 0.2) is 0 Å². The van der Waals surface area contributed by atoms with Gasteiger partial charge in [-0.05, 0) is 13.3 Å². The Morgan fingerprint density at radius 3 is 1.25 bits per heavy atom. The number of esters is 3. The lowest BCUT2D eigenvalue weighted by atomic mass is 9.93. The van der Waals surface area contributed by atoms with Crippen molar-refractivity contribution in [3.63, 3.8) is 0 Å². The van der Waals surface area contributed by atoms with E-state index in [-0.39, 0.29) is 19.8 Å². The molecule has 0 amide bonds. The number of hydrogen-bond donors (Lipinski definition) is 0. The molecule has 0 bridgehead atoms. The maximum atomic E-state index is 12.6. The average molecular weight is 509 g/mol. The van der Waals surface area contributed by atoms with Gasteiger partial charge in [-0.25, -0.2) is 9.59 Å². The first kappa shape index (κ1) is 33.9. The van der Waals surface area contributed by atoms with E-state index in [9.17, 15) is 14.4 Å². The largest absolute Gasteiger partial charge is 0.465 e. The first-order valence-electron chi connectivity index (χ1n) is 14.1. The number of carbonyl (C=O) groups is 3. The molecule has 0 aliphatic carbocycles. The smallest absolute Gasteiger partial charge is 0.330 e. The van der Waals surface area contributed by atoms with E-state index < -0.39 is 23.3 Å². The van der Waals surface area contributed by atoms with Gasteiger partial charge in [0.25, 0.3) is 0 Å². The second kappa shape index (κ2) is 23.3. The molecule has 0 rings (SSSR count). The summed E-state index contributed by atoms with van der Waals surface area (Å²) >= 11 is 0. The van der Waals surface area contributed by atoms with Crippen LogP contribution in [0.2, 0.25) is 0 Å². The molecule has 0 fully saturated rings. The second-order valence-corrected chi connectivity index (χ2v) is 9.98. The van der Waals surface area contributed by atoms with Crippen LogP contribution in [0.5, 0.6) is 0 Å². The molecule has 0 atom stereocenters. The Labute approximate surface area is 220 Å². The fourth-order valence-electron chi connectivity index (χ4n) is 3.90. The lowest BCUT2D eigenvalue weighted by Gasteiger charge is -2.26. The van der Waals surface area contributed by atoms with Gasteiger partial charge in [0.1, 0.15) is 18.6 Å². The lowest BCUT2D eigenvalue weighted by Crippen LogP contribution is -2.40. The van der Waals surface area contributed by atoms with Crippen LogP contribution in [0.15, 0.2) is 25.3 Å². The Balaban J connectivity index is 3.80. The van der Waals surface area contributed by atoms with Crippen LogP contribution in [-0.2, 0) is 28.6 Å². The van der Waals surface area contributed by atoms with Crippen LogP contribution in [0, 0.1) is 5.41 Å². The van der Waals surface area contributed by atoms with Gasteiger partial charge in [-0.15, -0.1) is 0 Å². The third kappa shape index (κ3) is 19.1. The summed E-state index contributed by atoms with van der Waals surface area (Å²) in [5.41, 5.74) is -1.29. The Kier molecular flexibility index (Phi) is 21.9. The predicted octanol–water partition coefficient (Wildman–Crippen LogP) is 7.65. The monoisotopic (exact) mass is 508 g/mol. The van der Waals surface area contributed by atoms with Gasteiger partial charge in [-0.1, -0.05) is 123 Å². The van der Waals surface area contributed by atoms with Gasteiger partial charge in [0.05, 0.1) is 6.61 Å². The van der Waals surface area contributed by atoms with Crippen molar-refractivity contribution in [2.75, 3.05) is 19.8 Å². The molecule has 0 heterocycles. The SMILES string of the molecule is C=CC(=O)OCC(C)(COC(=O)C=C)C(=O)OCCCCCCCCCCCCCCCCCCC. The number of ether oxygens (including phenoxy) is 3. The molecule has 0 saturated heterocycles. The highest BCUT2D eigenvalue weighted by molar-refractivity contribution is 5.83. The Hall–Kier alpha value is -2.11. The number of rotatable bonds is 25. The summed E-state index contributed by atoms with van der Waals surface area (Å²) in [5.74, 6) is -1.87. The van der Waals surface area contributed by atoms with E-state index in [0.717, 1.165) is 31.4 Å². The molecular formula is C30H52O6. The second-order valence-electron chi connectivity index (χ2n) is 9.98. The molecule has 0 aromatic carbocycles. The van der Waals surface area contributed by atoms with Gasteiger partial charge in [-0.3, -0.25) is 4.79 Å². The molecule has 0 unspecified atom stereocenters. The fraction of sp³-hybridized carbons (Fsp3) is 0.767. The summed E-state index contributed by atoms with van der Waals surface area (Å²) in [5, 5.41) is 0. The van der Waals surface area contributed by atoms with Crippen LogP contribution < -0.4 is 0 Å². The maximum absolute atomic E-state index is 12.6. The molecule has 0 aliphatic rings. The highest BCUT2D eigenvalue weighted by atomic mass is 16.6. The summed E-state index contributed by atoms with van der Waals surface area (Å²) in [6, 6.07) is 0. The quantitative estimate of drug-likeness (QED) is 0.0545. The zero-order chi connectivity index (χ0) is 26.9. The highest BCUT2D eigenvalue weighted by Crippen LogP contribution is 2.21. The first-order chi connectivity index (χ1) is 17.4. The molecule has 0 N–H and O–H groups in total. The predicted molar refractivity (Wildman–Crippen MR) is 146 cm³/mol. The van der Waals surface area contributed by atoms with E-state index in [4.69, 9.17) is 14.2 Å². The van der Waals surface area contributed by atoms with Crippen molar-refractivity contribution in [3.8, 4) is 0 Å². The summed E-state index contributed by atoms with van der Waals surface area (Å²) in [6.07, 6.45) is 23.9. The summed E-state index contributed by atoms with van der Waals surface area (Å²) in [4.78, 5) is 35.4. The van der Waals surface area contributed by atoms with E-state index in [1.807, 2.05) is 0 Å². The van der Waals surface area contributed by atoms with E-state index in [1.54, 1.807) is 0 Å². The van der Waals surface area contributed by atoms with Gasteiger partial charge < -0.3 is 14.2 Å². The van der Waals surface area contributed by atoms with Crippen LogP contribution in [-0.4, -0.2) is 37.7 Å². The van der Waals surface area contributed by atoms with Crippen molar-refractivity contribution in [1.29, 1.82) is 0 Å². The maximum Gasteiger partial charge on any atom is 0.330 e. The summed E-state index contributed by atoms with van der Waals surface area (Å²) < 4.78 is 15.4.